The molecule has 4 saturated heterocycles. The molecule has 0 aliphatic carbocycles. The molecular formula is C52H78N4O12. The lowest BCUT2D eigenvalue weighted by Crippen LogP contribution is -2.47. The smallest absolute Gasteiger partial charge is 0.338 e. The summed E-state index contributed by atoms with van der Waals surface area (Å²) in [5.74, 6) is -3.89. The van der Waals surface area contributed by atoms with Crippen LogP contribution in [0.25, 0.3) is 11.1 Å². The Hall–Kier alpha value is -4.00. The second-order valence-electron chi connectivity index (χ2n) is 24.7. The lowest BCUT2D eigenvalue weighted by atomic mass is 9.88. The van der Waals surface area contributed by atoms with Crippen molar-refractivity contribution in [1.29, 1.82) is 0 Å². The number of hydroxylamine groups is 8. The molecule has 4 aliphatic heterocycles. The molecule has 0 saturated carbocycles. The summed E-state index contributed by atoms with van der Waals surface area (Å²) >= 11 is 0. The van der Waals surface area contributed by atoms with Crippen LogP contribution in [0.3, 0.4) is 0 Å². The number of carbonyl (C=O) groups excluding carboxylic acids is 4. The molecule has 4 aliphatic rings. The number of benzene rings is 2. The molecular weight excluding hydrogens is 873 g/mol. The van der Waals surface area contributed by atoms with Crippen molar-refractivity contribution in [2.24, 2.45) is 23.7 Å². The number of hydrogen-bond donors (Lipinski definition) is 4. The van der Waals surface area contributed by atoms with E-state index in [0.717, 1.165) is 0 Å². The van der Waals surface area contributed by atoms with E-state index in [9.17, 15) is 40.0 Å². The van der Waals surface area contributed by atoms with Gasteiger partial charge in [-0.15, -0.1) is 0 Å². The quantitative estimate of drug-likeness (QED) is 0.109. The molecule has 0 amide bonds. The predicted molar refractivity (Wildman–Crippen MR) is 253 cm³/mol. The van der Waals surface area contributed by atoms with Gasteiger partial charge in [0.2, 0.25) is 0 Å². The largest absolute Gasteiger partial charge is 0.462 e. The van der Waals surface area contributed by atoms with Gasteiger partial charge < -0.3 is 39.8 Å². The Kier molecular flexibility index (Phi) is 14.1. The van der Waals surface area contributed by atoms with E-state index in [-0.39, 0.29) is 83.5 Å². The Morgan fingerprint density at radius 2 is 0.559 bits per heavy atom. The molecule has 4 unspecified atom stereocenters. The average Bonchev–Trinajstić information content (AvgIpc) is 3.68. The summed E-state index contributed by atoms with van der Waals surface area (Å²) in [6.45, 7) is 30.2. The van der Waals surface area contributed by atoms with Crippen LogP contribution in [0.1, 0.15) is 178 Å². The molecule has 2 aromatic rings. The Labute approximate surface area is 402 Å². The zero-order valence-electron chi connectivity index (χ0n) is 43.3. The maximum absolute atomic E-state index is 14.1. The first-order valence-electron chi connectivity index (χ1n) is 23.9. The molecule has 6 rings (SSSR count). The van der Waals surface area contributed by atoms with E-state index in [1.807, 2.05) is 111 Å². The molecule has 68 heavy (non-hydrogen) atoms. The van der Waals surface area contributed by atoms with Crippen LogP contribution in [0.5, 0.6) is 0 Å². The third kappa shape index (κ3) is 9.99. The van der Waals surface area contributed by atoms with E-state index in [1.165, 1.54) is 56.7 Å². The van der Waals surface area contributed by atoms with Gasteiger partial charge in [-0.2, -0.15) is 20.3 Å². The summed E-state index contributed by atoms with van der Waals surface area (Å²) in [6, 6.07) is 8.85. The van der Waals surface area contributed by atoms with E-state index in [2.05, 4.69) is 0 Å². The lowest BCUT2D eigenvalue weighted by molar-refractivity contribution is -0.198. The summed E-state index contributed by atoms with van der Waals surface area (Å²) in [5, 5.41) is 49.0. The Bertz CT molecular complexity index is 1980. The van der Waals surface area contributed by atoms with Crippen molar-refractivity contribution in [3.8, 4) is 11.1 Å². The Morgan fingerprint density at radius 1 is 0.382 bits per heavy atom. The molecule has 4 fully saturated rings. The van der Waals surface area contributed by atoms with Gasteiger partial charge in [0.1, 0.15) is 0 Å². The van der Waals surface area contributed by atoms with Crippen molar-refractivity contribution >= 4 is 23.9 Å². The second kappa shape index (κ2) is 18.0. The van der Waals surface area contributed by atoms with Crippen molar-refractivity contribution in [2.45, 2.75) is 181 Å². The highest BCUT2D eigenvalue weighted by molar-refractivity contribution is 6.00. The van der Waals surface area contributed by atoms with Crippen LogP contribution in [-0.2, 0) is 18.9 Å². The van der Waals surface area contributed by atoms with Crippen molar-refractivity contribution < 1.29 is 59.0 Å². The van der Waals surface area contributed by atoms with E-state index >= 15 is 0 Å². The molecule has 378 valence electrons. The molecule has 0 aromatic heterocycles. The predicted octanol–water partition coefficient (Wildman–Crippen LogP) is 9.05. The first kappa shape index (κ1) is 53.4. The van der Waals surface area contributed by atoms with Crippen LogP contribution >= 0.6 is 0 Å². The van der Waals surface area contributed by atoms with Gasteiger partial charge in [0, 0.05) is 68.0 Å². The number of hydrogen-bond acceptors (Lipinski definition) is 16. The van der Waals surface area contributed by atoms with Crippen LogP contribution in [0.4, 0.5) is 0 Å². The first-order valence-corrected chi connectivity index (χ1v) is 23.9. The second-order valence-corrected chi connectivity index (χ2v) is 24.7. The van der Waals surface area contributed by atoms with Crippen LogP contribution < -0.4 is 0 Å². The molecule has 4 heterocycles. The summed E-state index contributed by atoms with van der Waals surface area (Å²) in [4.78, 5) is 56.5. The van der Waals surface area contributed by atoms with E-state index < -0.39 is 68.2 Å². The number of esters is 4. The van der Waals surface area contributed by atoms with E-state index in [1.54, 1.807) is 0 Å². The molecule has 0 bridgehead atoms. The number of carbonyl (C=O) groups is 4. The van der Waals surface area contributed by atoms with Crippen molar-refractivity contribution in [1.82, 2.24) is 20.3 Å². The minimum Gasteiger partial charge on any atom is -0.462 e. The minimum absolute atomic E-state index is 0.00520. The third-order valence-electron chi connectivity index (χ3n) is 16.3. The summed E-state index contributed by atoms with van der Waals surface area (Å²) in [6.07, 6.45) is 2.19. The Morgan fingerprint density at radius 3 is 0.706 bits per heavy atom. The first-order chi connectivity index (χ1) is 31.0. The number of rotatable bonds is 13. The van der Waals surface area contributed by atoms with Gasteiger partial charge in [-0.05, 0) is 184 Å². The van der Waals surface area contributed by atoms with Gasteiger partial charge in [-0.25, -0.2) is 19.2 Å². The topological polar surface area (TPSA) is 199 Å². The number of nitrogens with zero attached hydrogens (tertiary/aromatic N) is 4. The fourth-order valence-electron chi connectivity index (χ4n) is 11.7. The van der Waals surface area contributed by atoms with Crippen LogP contribution in [-0.4, -0.2) is 136 Å². The fraction of sp³-hybridized carbons (Fsp3) is 0.692. The fourth-order valence-corrected chi connectivity index (χ4v) is 11.7. The lowest BCUT2D eigenvalue weighted by Gasteiger charge is -2.35. The minimum atomic E-state index is -0.740. The molecule has 16 nitrogen and oxygen atoms in total. The highest BCUT2D eigenvalue weighted by atomic mass is 16.6. The zero-order chi connectivity index (χ0) is 51.1. The normalized spacial score (nSPS) is 27.8. The van der Waals surface area contributed by atoms with Gasteiger partial charge in [-0.3, -0.25) is 0 Å². The van der Waals surface area contributed by atoms with Crippen molar-refractivity contribution in [3.05, 3.63) is 58.7 Å². The van der Waals surface area contributed by atoms with Crippen LogP contribution in [0, 0.1) is 23.7 Å². The maximum atomic E-state index is 14.1. The molecule has 2 aromatic carbocycles. The monoisotopic (exact) mass is 951 g/mol. The maximum Gasteiger partial charge on any atom is 0.338 e. The van der Waals surface area contributed by atoms with Gasteiger partial charge >= 0.3 is 23.9 Å². The standard InChI is InChI=1S/C52H78N4O12/c1-45(2)23-37(49(9,10)53(45)61)27-65-41(57)33-17-31(18-34(21-33)42(58)66-28-38-24-46(3,4)54(62)50(38,11)12)32-19-35(43(59)67-29-39-25-47(5,6)55(63)51(39,13)14)22-36(20-32)44(60)68-30-40-26-48(7,8)56(64)52(40,15)16/h17-22,37-40,61-64H,23-30H2,1-16H3. The van der Waals surface area contributed by atoms with Crippen molar-refractivity contribution in [2.75, 3.05) is 26.4 Å². The van der Waals surface area contributed by atoms with E-state index in [4.69, 9.17) is 18.9 Å². The van der Waals surface area contributed by atoms with Gasteiger partial charge in [0.05, 0.1) is 48.7 Å². The summed E-state index contributed by atoms with van der Waals surface area (Å²) in [5.41, 5.74) is -4.52. The van der Waals surface area contributed by atoms with Gasteiger partial charge in [0.25, 0.3) is 0 Å². The molecule has 0 spiro atoms. The molecule has 4 atom stereocenters. The highest BCUT2D eigenvalue weighted by Gasteiger charge is 2.55. The summed E-state index contributed by atoms with van der Waals surface area (Å²) < 4.78 is 23.7. The summed E-state index contributed by atoms with van der Waals surface area (Å²) in [7, 11) is 0. The van der Waals surface area contributed by atoms with Crippen LogP contribution in [0.15, 0.2) is 36.4 Å². The molecule has 4 N–H and O–H groups in total. The van der Waals surface area contributed by atoms with Crippen molar-refractivity contribution in [3.63, 3.8) is 0 Å². The average molecular weight is 951 g/mol. The molecule has 16 heteroatoms. The van der Waals surface area contributed by atoms with E-state index in [0.29, 0.717) is 25.7 Å². The third-order valence-corrected chi connectivity index (χ3v) is 16.3. The highest BCUT2D eigenvalue weighted by Crippen LogP contribution is 2.47. The Balaban J connectivity index is 1.37. The van der Waals surface area contributed by atoms with Gasteiger partial charge in [-0.1, -0.05) is 0 Å². The van der Waals surface area contributed by atoms with Gasteiger partial charge in [0.15, 0.2) is 0 Å². The zero-order valence-corrected chi connectivity index (χ0v) is 43.3. The van der Waals surface area contributed by atoms with Crippen LogP contribution in [0.2, 0.25) is 0 Å². The SMILES string of the molecule is CC1(C)CC(COC(=O)c2cc(C(=O)OCC3CC(C)(C)N(O)C3(C)C)cc(-c3cc(C(=O)OCC4CC(C)(C)N(O)C4(C)C)cc(C(=O)OCC4CC(C)(C)N(O)C4(C)C)c3)c2)C(C)(C)N1O. The number of ether oxygens (including phenoxy) is 4. The molecule has 0 radical (unpaired) electrons.